The lowest BCUT2D eigenvalue weighted by molar-refractivity contribution is 0.0956. The van der Waals surface area contributed by atoms with Crippen molar-refractivity contribution in [1.82, 2.24) is 5.32 Å². The van der Waals surface area contributed by atoms with Gasteiger partial charge in [0.25, 0.3) is 5.91 Å². The molecule has 1 heterocycles. The lowest BCUT2D eigenvalue weighted by Gasteiger charge is -2.40. The van der Waals surface area contributed by atoms with E-state index in [0.717, 1.165) is 37.2 Å². The van der Waals surface area contributed by atoms with Crippen molar-refractivity contribution in [2.45, 2.75) is 40.0 Å². The number of rotatable bonds is 4. The van der Waals surface area contributed by atoms with E-state index in [1.54, 1.807) is 6.07 Å². The lowest BCUT2D eigenvalue weighted by atomic mass is 9.78. The van der Waals surface area contributed by atoms with Crippen LogP contribution in [0.25, 0.3) is 0 Å². The first-order chi connectivity index (χ1) is 9.99. The molecule has 1 aliphatic rings. The molecule has 0 saturated carbocycles. The SMILES string of the molecule is CCNC(=O)c1ccc(N)cc1N1CCC(C)(CC)CC1. The van der Waals surface area contributed by atoms with Crippen LogP contribution in [0.1, 0.15) is 50.4 Å². The Bertz CT molecular complexity index is 505. The van der Waals surface area contributed by atoms with E-state index in [2.05, 4.69) is 24.1 Å². The van der Waals surface area contributed by atoms with Gasteiger partial charge in [-0.05, 0) is 43.4 Å². The first-order valence-electron chi connectivity index (χ1n) is 7.92. The van der Waals surface area contributed by atoms with Gasteiger partial charge in [-0.25, -0.2) is 0 Å². The predicted molar refractivity (Wildman–Crippen MR) is 88.7 cm³/mol. The zero-order valence-corrected chi connectivity index (χ0v) is 13.4. The van der Waals surface area contributed by atoms with Gasteiger partial charge in [-0.1, -0.05) is 20.3 Å². The van der Waals surface area contributed by atoms with Crippen molar-refractivity contribution >= 4 is 17.3 Å². The fraction of sp³-hybridized carbons (Fsp3) is 0.588. The number of nitrogens with zero attached hydrogens (tertiary/aromatic N) is 1. The highest BCUT2D eigenvalue weighted by molar-refractivity contribution is 6.00. The normalized spacial score (nSPS) is 17.6. The van der Waals surface area contributed by atoms with Gasteiger partial charge < -0.3 is 16.0 Å². The largest absolute Gasteiger partial charge is 0.399 e. The zero-order valence-electron chi connectivity index (χ0n) is 13.4. The standard InChI is InChI=1S/C17H27N3O/c1-4-17(3)8-10-20(11-9-17)15-12-13(18)6-7-14(15)16(21)19-5-2/h6-7,12H,4-5,8-11,18H2,1-3H3,(H,19,21). The zero-order chi connectivity index (χ0) is 15.5. The van der Waals surface area contributed by atoms with E-state index in [0.29, 0.717) is 17.6 Å². The minimum atomic E-state index is -0.0173. The van der Waals surface area contributed by atoms with Crippen LogP contribution in [0.15, 0.2) is 18.2 Å². The molecule has 1 aromatic carbocycles. The summed E-state index contributed by atoms with van der Waals surface area (Å²) >= 11 is 0. The Hall–Kier alpha value is -1.71. The Balaban J connectivity index is 2.23. The minimum absolute atomic E-state index is 0.0173. The van der Waals surface area contributed by atoms with E-state index in [1.165, 1.54) is 6.42 Å². The minimum Gasteiger partial charge on any atom is -0.399 e. The molecule has 0 aromatic heterocycles. The van der Waals surface area contributed by atoms with Crippen LogP contribution in [0, 0.1) is 5.41 Å². The Kier molecular flexibility index (Phi) is 4.76. The Labute approximate surface area is 127 Å². The van der Waals surface area contributed by atoms with Gasteiger partial charge in [-0.3, -0.25) is 4.79 Å². The van der Waals surface area contributed by atoms with Crippen molar-refractivity contribution in [2.24, 2.45) is 5.41 Å². The van der Waals surface area contributed by atoms with Crippen LogP contribution in [-0.4, -0.2) is 25.5 Å². The smallest absolute Gasteiger partial charge is 0.253 e. The molecule has 0 atom stereocenters. The molecule has 0 aliphatic carbocycles. The lowest BCUT2D eigenvalue weighted by Crippen LogP contribution is -2.39. The van der Waals surface area contributed by atoms with E-state index in [9.17, 15) is 4.79 Å². The highest BCUT2D eigenvalue weighted by Gasteiger charge is 2.29. The molecule has 0 unspecified atom stereocenters. The number of carbonyl (C=O) groups excluding carboxylic acids is 1. The van der Waals surface area contributed by atoms with Crippen LogP contribution in [0.5, 0.6) is 0 Å². The fourth-order valence-corrected chi connectivity index (χ4v) is 2.90. The molecule has 4 heteroatoms. The molecule has 116 valence electrons. The topological polar surface area (TPSA) is 58.4 Å². The van der Waals surface area contributed by atoms with Crippen LogP contribution < -0.4 is 16.0 Å². The van der Waals surface area contributed by atoms with Crippen LogP contribution in [0.4, 0.5) is 11.4 Å². The second-order valence-electron chi connectivity index (χ2n) is 6.29. The van der Waals surface area contributed by atoms with Crippen LogP contribution in [-0.2, 0) is 0 Å². The molecule has 1 fully saturated rings. The third-order valence-electron chi connectivity index (χ3n) is 4.77. The summed E-state index contributed by atoms with van der Waals surface area (Å²) in [5, 5.41) is 2.88. The highest BCUT2D eigenvalue weighted by Crippen LogP contribution is 2.36. The van der Waals surface area contributed by atoms with Crippen molar-refractivity contribution < 1.29 is 4.79 Å². The van der Waals surface area contributed by atoms with Crippen molar-refractivity contribution in [1.29, 1.82) is 0 Å². The second kappa shape index (κ2) is 6.37. The van der Waals surface area contributed by atoms with E-state index in [4.69, 9.17) is 5.73 Å². The van der Waals surface area contributed by atoms with Gasteiger partial charge >= 0.3 is 0 Å². The molecule has 0 spiro atoms. The first-order valence-corrected chi connectivity index (χ1v) is 7.92. The van der Waals surface area contributed by atoms with Gasteiger partial charge in [0.1, 0.15) is 0 Å². The second-order valence-corrected chi connectivity index (χ2v) is 6.29. The van der Waals surface area contributed by atoms with Gasteiger partial charge in [-0.15, -0.1) is 0 Å². The summed E-state index contributed by atoms with van der Waals surface area (Å²) in [5.74, 6) is -0.0173. The number of carbonyl (C=O) groups is 1. The molecule has 0 radical (unpaired) electrons. The van der Waals surface area contributed by atoms with E-state index in [1.807, 2.05) is 19.1 Å². The third-order valence-corrected chi connectivity index (χ3v) is 4.77. The van der Waals surface area contributed by atoms with Gasteiger partial charge in [0.15, 0.2) is 0 Å². The molecule has 4 nitrogen and oxygen atoms in total. The average Bonchev–Trinajstić information content (AvgIpc) is 2.48. The molecule has 3 N–H and O–H groups in total. The molecule has 1 amide bonds. The van der Waals surface area contributed by atoms with Gasteiger partial charge in [0.2, 0.25) is 0 Å². The summed E-state index contributed by atoms with van der Waals surface area (Å²) in [6.07, 6.45) is 3.53. The Morgan fingerprint density at radius 2 is 2.00 bits per heavy atom. The molecule has 21 heavy (non-hydrogen) atoms. The third kappa shape index (κ3) is 3.49. The summed E-state index contributed by atoms with van der Waals surface area (Å²) in [4.78, 5) is 14.5. The number of piperidine rings is 1. The van der Waals surface area contributed by atoms with Gasteiger partial charge in [0.05, 0.1) is 11.3 Å². The maximum Gasteiger partial charge on any atom is 0.253 e. The van der Waals surface area contributed by atoms with E-state index in [-0.39, 0.29) is 5.91 Å². The fourth-order valence-electron chi connectivity index (χ4n) is 2.90. The first kappa shape index (κ1) is 15.7. The molecular weight excluding hydrogens is 262 g/mol. The van der Waals surface area contributed by atoms with Crippen molar-refractivity contribution in [3.05, 3.63) is 23.8 Å². The number of hydrogen-bond donors (Lipinski definition) is 2. The maximum atomic E-state index is 12.2. The molecule has 1 saturated heterocycles. The number of amides is 1. The summed E-state index contributed by atoms with van der Waals surface area (Å²) < 4.78 is 0. The summed E-state index contributed by atoms with van der Waals surface area (Å²) in [5.41, 5.74) is 8.77. The Morgan fingerprint density at radius 3 is 2.57 bits per heavy atom. The maximum absolute atomic E-state index is 12.2. The quantitative estimate of drug-likeness (QED) is 0.838. The average molecular weight is 289 g/mol. The number of nitrogen functional groups attached to an aromatic ring is 1. The Morgan fingerprint density at radius 1 is 1.33 bits per heavy atom. The van der Waals surface area contributed by atoms with Crippen molar-refractivity contribution in [2.75, 3.05) is 30.3 Å². The van der Waals surface area contributed by atoms with Crippen LogP contribution in [0.3, 0.4) is 0 Å². The van der Waals surface area contributed by atoms with Crippen molar-refractivity contribution in [3.8, 4) is 0 Å². The summed E-state index contributed by atoms with van der Waals surface area (Å²) in [7, 11) is 0. The number of hydrogen-bond acceptors (Lipinski definition) is 3. The van der Waals surface area contributed by atoms with E-state index >= 15 is 0 Å². The molecule has 1 aromatic rings. The summed E-state index contributed by atoms with van der Waals surface area (Å²) in [6, 6.07) is 5.57. The molecule has 2 rings (SSSR count). The number of anilines is 2. The van der Waals surface area contributed by atoms with Crippen molar-refractivity contribution in [3.63, 3.8) is 0 Å². The molecule has 1 aliphatic heterocycles. The van der Waals surface area contributed by atoms with Crippen LogP contribution >= 0.6 is 0 Å². The van der Waals surface area contributed by atoms with Gasteiger partial charge in [-0.2, -0.15) is 0 Å². The molecular formula is C17H27N3O. The predicted octanol–water partition coefficient (Wildman–Crippen LogP) is 3.04. The summed E-state index contributed by atoms with van der Waals surface area (Å²) in [6.45, 7) is 9.16. The van der Waals surface area contributed by atoms with E-state index < -0.39 is 0 Å². The number of benzene rings is 1. The highest BCUT2D eigenvalue weighted by atomic mass is 16.1. The van der Waals surface area contributed by atoms with Gasteiger partial charge in [0, 0.05) is 25.3 Å². The molecule has 0 bridgehead atoms. The number of nitrogens with two attached hydrogens (primary N) is 1. The van der Waals surface area contributed by atoms with Crippen LogP contribution in [0.2, 0.25) is 0 Å². The number of nitrogens with one attached hydrogen (secondary N) is 1. The monoisotopic (exact) mass is 289 g/mol.